The molecule has 0 spiro atoms. The van der Waals surface area contributed by atoms with Crippen LogP contribution in [0.4, 0.5) is 5.88 Å². The highest BCUT2D eigenvalue weighted by atomic mass is 16.4. The molecule has 104 valence electrons. The molecule has 1 fully saturated rings. The Hall–Kier alpha value is -1.45. The van der Waals surface area contributed by atoms with Gasteiger partial charge in [0, 0.05) is 12.1 Å². The summed E-state index contributed by atoms with van der Waals surface area (Å²) in [6.45, 7) is 8.20. The highest BCUT2D eigenvalue weighted by molar-refractivity contribution is 6.04. The Balaban J connectivity index is 1.83. The van der Waals surface area contributed by atoms with Crippen molar-refractivity contribution in [3.63, 3.8) is 0 Å². The lowest BCUT2D eigenvalue weighted by molar-refractivity contribution is 0.510. The molecule has 0 atom stereocenters. The average molecular weight is 261 g/mol. The second-order valence-corrected chi connectivity index (χ2v) is 6.03. The predicted octanol–water partition coefficient (Wildman–Crippen LogP) is 3.05. The summed E-state index contributed by atoms with van der Waals surface area (Å²) in [7, 11) is 0. The fourth-order valence-electron chi connectivity index (χ4n) is 2.44. The van der Waals surface area contributed by atoms with Gasteiger partial charge in [-0.1, -0.05) is 13.3 Å². The van der Waals surface area contributed by atoms with Crippen LogP contribution in [-0.2, 0) is 0 Å². The third-order valence-electron chi connectivity index (χ3n) is 3.98. The van der Waals surface area contributed by atoms with E-state index < -0.39 is 0 Å². The zero-order valence-electron chi connectivity index (χ0n) is 12.1. The van der Waals surface area contributed by atoms with E-state index in [0.717, 1.165) is 29.6 Å². The van der Waals surface area contributed by atoms with Gasteiger partial charge in [0.1, 0.15) is 18.3 Å². The van der Waals surface area contributed by atoms with Crippen LogP contribution in [0.1, 0.15) is 50.9 Å². The summed E-state index contributed by atoms with van der Waals surface area (Å²) in [5.74, 6) is 2.97. The first-order valence-electron chi connectivity index (χ1n) is 7.30. The highest BCUT2D eigenvalue weighted by Gasteiger charge is 2.39. The van der Waals surface area contributed by atoms with Gasteiger partial charge < -0.3 is 14.6 Å². The van der Waals surface area contributed by atoms with Gasteiger partial charge in [-0.15, -0.1) is 0 Å². The van der Waals surface area contributed by atoms with Crippen LogP contribution < -0.4 is 10.2 Å². The van der Waals surface area contributed by atoms with E-state index in [9.17, 15) is 0 Å². The molecule has 1 aromatic heterocycles. The van der Waals surface area contributed by atoms with Crippen molar-refractivity contribution in [2.45, 2.75) is 52.0 Å². The van der Waals surface area contributed by atoms with Gasteiger partial charge in [-0.2, -0.15) is 0 Å². The standard InChI is InChI=1S/C15H23N3O/c1-4-5-8-18-10-16-13(17-15(3)6-7-15)12-9-11(2)19-14(12)18/h9H,4-8,10H2,1-3H3,(H,16,17). The van der Waals surface area contributed by atoms with E-state index in [1.54, 1.807) is 0 Å². The number of rotatable bonds is 4. The molecule has 1 aliphatic heterocycles. The maximum absolute atomic E-state index is 5.89. The Bertz CT molecular complexity index is 499. The smallest absolute Gasteiger partial charge is 0.208 e. The molecule has 1 aliphatic carbocycles. The SMILES string of the molecule is CCCCN1CN=C(NC2(C)CC2)c2cc(C)oc21. The summed E-state index contributed by atoms with van der Waals surface area (Å²) in [6.07, 6.45) is 4.84. The summed E-state index contributed by atoms with van der Waals surface area (Å²) in [5, 5.41) is 3.58. The van der Waals surface area contributed by atoms with Crippen molar-refractivity contribution in [2.75, 3.05) is 18.1 Å². The van der Waals surface area contributed by atoms with Crippen molar-refractivity contribution in [1.82, 2.24) is 5.32 Å². The Labute approximate surface area is 114 Å². The maximum atomic E-state index is 5.89. The second kappa shape index (κ2) is 4.58. The van der Waals surface area contributed by atoms with E-state index in [4.69, 9.17) is 9.41 Å². The van der Waals surface area contributed by atoms with Crippen molar-refractivity contribution in [2.24, 2.45) is 4.99 Å². The number of aryl methyl sites for hydroxylation is 1. The number of unbranched alkanes of at least 4 members (excludes halogenated alkanes) is 1. The highest BCUT2D eigenvalue weighted by Crippen LogP contribution is 2.36. The van der Waals surface area contributed by atoms with E-state index in [1.165, 1.54) is 25.7 Å². The molecule has 0 amide bonds. The number of hydrogen-bond acceptors (Lipinski definition) is 4. The molecule has 3 rings (SSSR count). The summed E-state index contributed by atoms with van der Waals surface area (Å²) in [5.41, 5.74) is 1.39. The Morgan fingerprint density at radius 3 is 2.95 bits per heavy atom. The molecule has 0 radical (unpaired) electrons. The lowest BCUT2D eigenvalue weighted by Gasteiger charge is -2.27. The van der Waals surface area contributed by atoms with Crippen LogP contribution in [0, 0.1) is 6.92 Å². The number of anilines is 1. The summed E-state index contributed by atoms with van der Waals surface area (Å²) >= 11 is 0. The van der Waals surface area contributed by atoms with Crippen LogP contribution in [0.25, 0.3) is 0 Å². The number of aliphatic imine (C=N–C) groups is 1. The van der Waals surface area contributed by atoms with Gasteiger partial charge in [0.05, 0.1) is 5.56 Å². The fraction of sp³-hybridized carbons (Fsp3) is 0.667. The van der Waals surface area contributed by atoms with E-state index >= 15 is 0 Å². The monoisotopic (exact) mass is 261 g/mol. The number of furan rings is 1. The molecular weight excluding hydrogens is 238 g/mol. The molecule has 0 bridgehead atoms. The first kappa shape index (κ1) is 12.6. The molecule has 19 heavy (non-hydrogen) atoms. The summed E-state index contributed by atoms with van der Waals surface area (Å²) < 4.78 is 5.89. The molecule has 0 unspecified atom stereocenters. The van der Waals surface area contributed by atoms with Gasteiger partial charge in [0.15, 0.2) is 0 Å². The van der Waals surface area contributed by atoms with Crippen LogP contribution in [0.3, 0.4) is 0 Å². The van der Waals surface area contributed by atoms with Crippen molar-refractivity contribution in [1.29, 1.82) is 0 Å². The fourth-order valence-corrected chi connectivity index (χ4v) is 2.44. The van der Waals surface area contributed by atoms with E-state index in [0.29, 0.717) is 6.67 Å². The summed E-state index contributed by atoms with van der Waals surface area (Å²) in [6, 6.07) is 2.10. The molecule has 0 aromatic carbocycles. The number of nitrogens with zero attached hydrogens (tertiary/aromatic N) is 2. The van der Waals surface area contributed by atoms with Gasteiger partial charge in [-0.3, -0.25) is 0 Å². The van der Waals surface area contributed by atoms with E-state index in [-0.39, 0.29) is 5.54 Å². The zero-order chi connectivity index (χ0) is 13.5. The largest absolute Gasteiger partial charge is 0.445 e. The molecule has 4 nitrogen and oxygen atoms in total. The summed E-state index contributed by atoms with van der Waals surface area (Å²) in [4.78, 5) is 6.96. The van der Waals surface area contributed by atoms with Crippen molar-refractivity contribution in [3.8, 4) is 0 Å². The minimum Gasteiger partial charge on any atom is -0.445 e. The minimum absolute atomic E-state index is 0.257. The Kier molecular flexibility index (Phi) is 3.03. The van der Waals surface area contributed by atoms with Crippen molar-refractivity contribution >= 4 is 11.7 Å². The normalized spacial score (nSPS) is 19.9. The molecule has 1 saturated carbocycles. The molecule has 1 N–H and O–H groups in total. The minimum atomic E-state index is 0.257. The quantitative estimate of drug-likeness (QED) is 0.905. The van der Waals surface area contributed by atoms with E-state index in [1.807, 2.05) is 6.92 Å². The van der Waals surface area contributed by atoms with Crippen LogP contribution in [0.15, 0.2) is 15.5 Å². The Morgan fingerprint density at radius 2 is 2.26 bits per heavy atom. The van der Waals surface area contributed by atoms with Gasteiger partial charge >= 0.3 is 0 Å². The van der Waals surface area contributed by atoms with Crippen molar-refractivity contribution < 1.29 is 4.42 Å². The third kappa shape index (κ3) is 2.48. The van der Waals surface area contributed by atoms with Crippen LogP contribution in [0.2, 0.25) is 0 Å². The molecule has 2 aliphatic rings. The number of fused-ring (bicyclic) bond motifs is 1. The second-order valence-electron chi connectivity index (χ2n) is 6.03. The molecule has 2 heterocycles. The third-order valence-corrected chi connectivity index (χ3v) is 3.98. The van der Waals surface area contributed by atoms with Crippen LogP contribution in [-0.4, -0.2) is 24.6 Å². The first-order chi connectivity index (χ1) is 9.11. The number of hydrogen-bond donors (Lipinski definition) is 1. The zero-order valence-corrected chi connectivity index (χ0v) is 12.1. The van der Waals surface area contributed by atoms with Gasteiger partial charge in [-0.25, -0.2) is 4.99 Å². The number of nitrogens with one attached hydrogen (secondary N) is 1. The van der Waals surface area contributed by atoms with E-state index in [2.05, 4.69) is 30.1 Å². The lowest BCUT2D eigenvalue weighted by Crippen LogP contribution is -2.40. The van der Waals surface area contributed by atoms with Crippen LogP contribution in [0.5, 0.6) is 0 Å². The van der Waals surface area contributed by atoms with Gasteiger partial charge in [-0.05, 0) is 39.2 Å². The van der Waals surface area contributed by atoms with Gasteiger partial charge in [0.2, 0.25) is 5.88 Å². The lowest BCUT2D eigenvalue weighted by atomic mass is 10.2. The van der Waals surface area contributed by atoms with Gasteiger partial charge in [0.25, 0.3) is 0 Å². The molecular formula is C15H23N3O. The average Bonchev–Trinajstić information content (AvgIpc) is 2.95. The topological polar surface area (TPSA) is 40.8 Å². The van der Waals surface area contributed by atoms with Crippen LogP contribution >= 0.6 is 0 Å². The van der Waals surface area contributed by atoms with Crippen molar-refractivity contribution in [3.05, 3.63) is 17.4 Å². The predicted molar refractivity (Wildman–Crippen MR) is 77.9 cm³/mol. The molecule has 0 saturated heterocycles. The number of amidine groups is 1. The first-order valence-corrected chi connectivity index (χ1v) is 7.30. The Morgan fingerprint density at radius 1 is 1.47 bits per heavy atom. The molecule has 1 aromatic rings. The molecule has 4 heteroatoms. The maximum Gasteiger partial charge on any atom is 0.208 e.